The van der Waals surface area contributed by atoms with Crippen LogP contribution in [-0.4, -0.2) is 25.2 Å². The maximum absolute atomic E-state index is 12.2. The average molecular weight is 397 g/mol. The van der Waals surface area contributed by atoms with E-state index in [2.05, 4.69) is 27.7 Å². The molecule has 0 amide bonds. The molecule has 0 aromatic carbocycles. The summed E-state index contributed by atoms with van der Waals surface area (Å²) in [7, 11) is 0. The topological polar surface area (TPSA) is 52.6 Å². The van der Waals surface area contributed by atoms with Gasteiger partial charge in [-0.3, -0.25) is 9.59 Å². The van der Waals surface area contributed by atoms with Crippen LogP contribution in [-0.2, 0) is 19.1 Å². The van der Waals surface area contributed by atoms with E-state index in [9.17, 15) is 9.59 Å². The third kappa shape index (κ3) is 11.7. The molecule has 0 unspecified atom stereocenters. The molecule has 0 heterocycles. The van der Waals surface area contributed by atoms with E-state index in [4.69, 9.17) is 9.47 Å². The minimum absolute atomic E-state index is 0.0315. The summed E-state index contributed by atoms with van der Waals surface area (Å²) >= 11 is 0. The molecule has 1 aliphatic carbocycles. The number of carbonyl (C=O) groups is 2. The number of ether oxygens (including phenoxy) is 2. The zero-order valence-electron chi connectivity index (χ0n) is 18.8. The smallest absolute Gasteiger partial charge is 0.308 e. The van der Waals surface area contributed by atoms with Gasteiger partial charge in [0.05, 0.1) is 25.0 Å². The zero-order valence-corrected chi connectivity index (χ0v) is 18.8. The van der Waals surface area contributed by atoms with E-state index in [1.807, 2.05) is 0 Å². The van der Waals surface area contributed by atoms with Crippen LogP contribution in [0, 0.1) is 23.7 Å². The first kappa shape index (κ1) is 25.0. The molecule has 0 atom stereocenters. The number of esters is 2. The SMILES string of the molecule is CC(C)CCCCCCCOC(=O)C1CCC(C(=O)OCCCC(C)C)CC1. The van der Waals surface area contributed by atoms with Crippen molar-refractivity contribution in [3.8, 4) is 0 Å². The maximum atomic E-state index is 12.2. The van der Waals surface area contributed by atoms with Gasteiger partial charge in [0.1, 0.15) is 0 Å². The standard InChI is InChI=1S/C24H44O4/c1-19(2)11-8-6-5-7-9-17-27-23(25)21-13-15-22(16-14-21)24(26)28-18-10-12-20(3)4/h19-22H,5-18H2,1-4H3. The lowest BCUT2D eigenvalue weighted by Crippen LogP contribution is -2.28. The van der Waals surface area contributed by atoms with Gasteiger partial charge in [-0.25, -0.2) is 0 Å². The lowest BCUT2D eigenvalue weighted by Gasteiger charge is -2.26. The molecule has 1 aliphatic rings. The average Bonchev–Trinajstić information content (AvgIpc) is 2.66. The summed E-state index contributed by atoms with van der Waals surface area (Å²) in [5.74, 6) is 1.23. The normalized spacial score (nSPS) is 19.8. The van der Waals surface area contributed by atoms with Crippen molar-refractivity contribution in [1.29, 1.82) is 0 Å². The number of rotatable bonds is 14. The van der Waals surface area contributed by atoms with Crippen LogP contribution in [0.2, 0.25) is 0 Å². The molecule has 0 aromatic heterocycles. The highest BCUT2D eigenvalue weighted by atomic mass is 16.5. The van der Waals surface area contributed by atoms with Gasteiger partial charge in [0.2, 0.25) is 0 Å². The molecule has 0 radical (unpaired) electrons. The van der Waals surface area contributed by atoms with E-state index >= 15 is 0 Å². The van der Waals surface area contributed by atoms with Crippen molar-refractivity contribution in [1.82, 2.24) is 0 Å². The third-order valence-electron chi connectivity index (χ3n) is 5.73. The summed E-state index contributed by atoms with van der Waals surface area (Å²) in [6.07, 6.45) is 12.2. The Kier molecular flexibility index (Phi) is 13.3. The molecule has 0 bridgehead atoms. The Morgan fingerprint density at radius 3 is 1.54 bits per heavy atom. The Morgan fingerprint density at radius 2 is 1.04 bits per heavy atom. The summed E-state index contributed by atoms with van der Waals surface area (Å²) in [6, 6.07) is 0. The van der Waals surface area contributed by atoms with Gasteiger partial charge >= 0.3 is 11.9 Å². The van der Waals surface area contributed by atoms with Crippen LogP contribution in [0.4, 0.5) is 0 Å². The molecule has 1 fully saturated rings. The Morgan fingerprint density at radius 1 is 0.643 bits per heavy atom. The monoisotopic (exact) mass is 396 g/mol. The molecule has 4 nitrogen and oxygen atoms in total. The van der Waals surface area contributed by atoms with E-state index in [1.54, 1.807) is 0 Å². The van der Waals surface area contributed by atoms with E-state index < -0.39 is 0 Å². The minimum Gasteiger partial charge on any atom is -0.465 e. The molecule has 1 rings (SSSR count). The first-order valence-corrected chi connectivity index (χ1v) is 11.7. The van der Waals surface area contributed by atoms with Crippen molar-refractivity contribution in [2.75, 3.05) is 13.2 Å². The Bertz CT molecular complexity index is 422. The summed E-state index contributed by atoms with van der Waals surface area (Å²) in [5.41, 5.74) is 0. The van der Waals surface area contributed by atoms with Gasteiger partial charge in [-0.2, -0.15) is 0 Å². The fourth-order valence-corrected chi connectivity index (χ4v) is 3.82. The quantitative estimate of drug-likeness (QED) is 0.255. The fraction of sp³-hybridized carbons (Fsp3) is 0.917. The minimum atomic E-state index is -0.0759. The molecule has 28 heavy (non-hydrogen) atoms. The summed E-state index contributed by atoms with van der Waals surface area (Å²) < 4.78 is 10.9. The van der Waals surface area contributed by atoms with Crippen LogP contribution in [0.5, 0.6) is 0 Å². The largest absolute Gasteiger partial charge is 0.465 e. The molecule has 164 valence electrons. The highest BCUT2D eigenvalue weighted by molar-refractivity contribution is 5.75. The Hall–Kier alpha value is -1.06. The first-order chi connectivity index (χ1) is 13.4. The van der Waals surface area contributed by atoms with Crippen molar-refractivity contribution in [2.45, 2.75) is 105 Å². The van der Waals surface area contributed by atoms with Gasteiger partial charge in [0.15, 0.2) is 0 Å². The summed E-state index contributed by atoms with van der Waals surface area (Å²) in [6.45, 7) is 9.96. The number of hydrogen-bond donors (Lipinski definition) is 0. The van der Waals surface area contributed by atoms with Crippen molar-refractivity contribution in [3.63, 3.8) is 0 Å². The summed E-state index contributed by atoms with van der Waals surface area (Å²) in [4.78, 5) is 24.4. The van der Waals surface area contributed by atoms with Crippen LogP contribution in [0.3, 0.4) is 0 Å². The molecule has 4 heteroatoms. The fourth-order valence-electron chi connectivity index (χ4n) is 3.82. The Balaban J connectivity index is 2.05. The second-order valence-corrected chi connectivity index (χ2v) is 9.37. The van der Waals surface area contributed by atoms with Gasteiger partial charge < -0.3 is 9.47 Å². The third-order valence-corrected chi connectivity index (χ3v) is 5.73. The van der Waals surface area contributed by atoms with E-state index in [0.717, 1.165) is 57.3 Å². The molecule has 0 N–H and O–H groups in total. The molecular weight excluding hydrogens is 352 g/mol. The molecule has 0 spiro atoms. The van der Waals surface area contributed by atoms with Crippen LogP contribution < -0.4 is 0 Å². The lowest BCUT2D eigenvalue weighted by molar-refractivity contribution is -0.155. The zero-order chi connectivity index (χ0) is 20.8. The number of hydrogen-bond acceptors (Lipinski definition) is 4. The van der Waals surface area contributed by atoms with Gasteiger partial charge in [0.25, 0.3) is 0 Å². The second-order valence-electron chi connectivity index (χ2n) is 9.37. The predicted octanol–water partition coefficient (Wildman–Crippen LogP) is 6.31. The predicted molar refractivity (Wildman–Crippen MR) is 114 cm³/mol. The molecule has 0 aromatic rings. The van der Waals surface area contributed by atoms with Gasteiger partial charge in [-0.1, -0.05) is 59.8 Å². The lowest BCUT2D eigenvalue weighted by atomic mass is 9.82. The van der Waals surface area contributed by atoms with Gasteiger partial charge in [-0.15, -0.1) is 0 Å². The first-order valence-electron chi connectivity index (χ1n) is 11.7. The second kappa shape index (κ2) is 14.9. The highest BCUT2D eigenvalue weighted by Crippen LogP contribution is 2.30. The van der Waals surface area contributed by atoms with Crippen molar-refractivity contribution >= 4 is 11.9 Å². The molecule has 1 saturated carbocycles. The Labute approximate surface area is 173 Å². The van der Waals surface area contributed by atoms with Crippen molar-refractivity contribution < 1.29 is 19.1 Å². The van der Waals surface area contributed by atoms with Crippen LogP contribution in [0.15, 0.2) is 0 Å². The van der Waals surface area contributed by atoms with Crippen LogP contribution in [0.25, 0.3) is 0 Å². The van der Waals surface area contributed by atoms with Crippen LogP contribution in [0.1, 0.15) is 105 Å². The van der Waals surface area contributed by atoms with Crippen LogP contribution >= 0.6 is 0 Å². The highest BCUT2D eigenvalue weighted by Gasteiger charge is 2.31. The molecular formula is C24H44O4. The summed E-state index contributed by atoms with van der Waals surface area (Å²) in [5, 5.41) is 0. The number of unbranched alkanes of at least 4 members (excludes halogenated alkanes) is 4. The van der Waals surface area contributed by atoms with E-state index in [1.165, 1.54) is 25.7 Å². The number of carbonyl (C=O) groups excluding carboxylic acids is 2. The van der Waals surface area contributed by atoms with Crippen molar-refractivity contribution in [2.24, 2.45) is 23.7 Å². The molecule has 0 aliphatic heterocycles. The van der Waals surface area contributed by atoms with E-state index in [0.29, 0.717) is 19.1 Å². The van der Waals surface area contributed by atoms with Crippen molar-refractivity contribution in [3.05, 3.63) is 0 Å². The van der Waals surface area contributed by atoms with Gasteiger partial charge in [-0.05, 0) is 56.8 Å². The molecule has 0 saturated heterocycles. The van der Waals surface area contributed by atoms with Gasteiger partial charge in [0, 0.05) is 0 Å². The maximum Gasteiger partial charge on any atom is 0.308 e. The van der Waals surface area contributed by atoms with E-state index in [-0.39, 0.29) is 23.8 Å².